The average Bonchev–Trinajstić information content (AvgIpc) is 2.64. The van der Waals surface area contributed by atoms with Gasteiger partial charge in [0, 0.05) is 52.6 Å². The normalized spacial score (nSPS) is 16.9. The van der Waals surface area contributed by atoms with Crippen LogP contribution in [0.5, 0.6) is 0 Å². The summed E-state index contributed by atoms with van der Waals surface area (Å²) in [7, 11) is 0.766. The van der Waals surface area contributed by atoms with Crippen molar-refractivity contribution in [3.63, 3.8) is 0 Å². The van der Waals surface area contributed by atoms with Gasteiger partial charge in [-0.05, 0) is 50.6 Å². The molecular weight excluding hydrogens is 374 g/mol. The predicted octanol–water partition coefficient (Wildman–Crippen LogP) is 1.09. The van der Waals surface area contributed by atoms with Crippen LogP contribution in [0.15, 0.2) is 28.1 Å². The molecule has 0 spiro atoms. The largest absolute Gasteiger partial charge is 0.356 e. The van der Waals surface area contributed by atoms with E-state index in [1.54, 1.807) is 13.1 Å². The van der Waals surface area contributed by atoms with Gasteiger partial charge in [-0.1, -0.05) is 12.1 Å². The highest BCUT2D eigenvalue weighted by atomic mass is 32.2. The number of nitrogens with one attached hydrogen (secondary N) is 2. The van der Waals surface area contributed by atoms with Crippen molar-refractivity contribution in [2.45, 2.75) is 31.2 Å². The molecule has 1 aliphatic heterocycles. The van der Waals surface area contributed by atoms with Gasteiger partial charge in [-0.3, -0.25) is 4.99 Å². The molecule has 1 aromatic carbocycles. The molecule has 0 atom stereocenters. The molecule has 28 heavy (non-hydrogen) atoms. The fraction of sp³-hybridized carbons (Fsp3) is 0.650. The van der Waals surface area contributed by atoms with Gasteiger partial charge in [0.15, 0.2) is 15.8 Å². The number of guanidine groups is 1. The van der Waals surface area contributed by atoms with Crippen molar-refractivity contribution in [1.82, 2.24) is 20.4 Å². The van der Waals surface area contributed by atoms with Crippen molar-refractivity contribution in [2.24, 2.45) is 4.99 Å². The lowest BCUT2D eigenvalue weighted by molar-refractivity contribution is 0.152. The first-order valence-corrected chi connectivity index (χ1v) is 11.8. The second-order valence-electron chi connectivity index (χ2n) is 7.58. The summed E-state index contributed by atoms with van der Waals surface area (Å²) >= 11 is 0. The van der Waals surface area contributed by atoms with Crippen molar-refractivity contribution in [1.29, 1.82) is 0 Å². The Kier molecular flexibility index (Phi) is 8.72. The van der Waals surface area contributed by atoms with E-state index in [0.29, 0.717) is 11.4 Å². The Morgan fingerprint density at radius 2 is 1.86 bits per heavy atom. The van der Waals surface area contributed by atoms with Gasteiger partial charge in [0.05, 0.1) is 4.90 Å². The molecule has 2 N–H and O–H groups in total. The summed E-state index contributed by atoms with van der Waals surface area (Å²) in [5.74, 6) is 0.768. The van der Waals surface area contributed by atoms with Gasteiger partial charge >= 0.3 is 0 Å². The lowest BCUT2D eigenvalue weighted by atomic mass is 10.1. The van der Waals surface area contributed by atoms with Crippen molar-refractivity contribution < 1.29 is 8.42 Å². The summed E-state index contributed by atoms with van der Waals surface area (Å²) in [6.45, 7) is 9.15. The van der Waals surface area contributed by atoms with Crippen LogP contribution in [0.3, 0.4) is 0 Å². The highest BCUT2D eigenvalue weighted by molar-refractivity contribution is 7.90. The lowest BCUT2D eigenvalue weighted by Crippen LogP contribution is -2.44. The Balaban J connectivity index is 1.68. The van der Waals surface area contributed by atoms with Crippen molar-refractivity contribution >= 4 is 15.8 Å². The third-order valence-corrected chi connectivity index (χ3v) is 6.37. The molecule has 0 amide bonds. The first kappa shape index (κ1) is 22.6. The van der Waals surface area contributed by atoms with Crippen LogP contribution in [0.1, 0.15) is 24.0 Å². The minimum absolute atomic E-state index is 0.388. The monoisotopic (exact) mass is 409 g/mol. The molecule has 0 bridgehead atoms. The number of hydrogen-bond donors (Lipinski definition) is 2. The summed E-state index contributed by atoms with van der Waals surface area (Å²) in [6, 6.07) is 5.43. The molecule has 0 unspecified atom stereocenters. The van der Waals surface area contributed by atoms with E-state index in [2.05, 4.69) is 32.5 Å². The number of piperazine rings is 1. The van der Waals surface area contributed by atoms with Gasteiger partial charge in [-0.15, -0.1) is 0 Å². The van der Waals surface area contributed by atoms with E-state index in [1.807, 2.05) is 19.1 Å². The van der Waals surface area contributed by atoms with Gasteiger partial charge in [-0.25, -0.2) is 8.42 Å². The standard InChI is InChI=1S/C20H35N5O2S/c1-17-15-18(7-8-19(17)28(4,26)27)16-23-20(21-2)22-9-5-6-10-25-13-11-24(3)12-14-25/h7-8,15H,5-6,9-14,16H2,1-4H3,(H2,21,22,23). The molecule has 1 saturated heterocycles. The van der Waals surface area contributed by atoms with Crippen LogP contribution in [0.2, 0.25) is 0 Å². The lowest BCUT2D eigenvalue weighted by Gasteiger charge is -2.32. The molecule has 158 valence electrons. The van der Waals surface area contributed by atoms with E-state index in [9.17, 15) is 8.42 Å². The molecule has 0 radical (unpaired) electrons. The molecule has 0 saturated carbocycles. The van der Waals surface area contributed by atoms with E-state index in [-0.39, 0.29) is 0 Å². The average molecular weight is 410 g/mol. The van der Waals surface area contributed by atoms with Crippen LogP contribution in [0.25, 0.3) is 0 Å². The Hall–Kier alpha value is -1.64. The van der Waals surface area contributed by atoms with Crippen LogP contribution in [0, 0.1) is 6.92 Å². The minimum Gasteiger partial charge on any atom is -0.356 e. The van der Waals surface area contributed by atoms with Gasteiger partial charge in [-0.2, -0.15) is 0 Å². The first-order valence-electron chi connectivity index (χ1n) is 9.94. The topological polar surface area (TPSA) is 77.0 Å². The number of nitrogens with zero attached hydrogens (tertiary/aromatic N) is 3. The maximum Gasteiger partial charge on any atom is 0.191 e. The predicted molar refractivity (Wildman–Crippen MR) is 116 cm³/mol. The van der Waals surface area contributed by atoms with Crippen molar-refractivity contribution in [2.75, 3.05) is 59.6 Å². The van der Waals surface area contributed by atoms with Crippen molar-refractivity contribution in [3.8, 4) is 0 Å². The molecule has 0 aliphatic carbocycles. The summed E-state index contributed by atoms with van der Waals surface area (Å²) in [6.07, 6.45) is 3.53. The number of benzene rings is 1. The zero-order chi connectivity index (χ0) is 20.6. The van der Waals surface area contributed by atoms with Gasteiger partial charge in [0.1, 0.15) is 0 Å². The molecule has 1 fully saturated rings. The van der Waals surface area contributed by atoms with Crippen LogP contribution < -0.4 is 10.6 Å². The van der Waals surface area contributed by atoms with Gasteiger partial charge in [0.25, 0.3) is 0 Å². The number of unbranched alkanes of at least 4 members (excludes halogenated alkanes) is 1. The van der Waals surface area contributed by atoms with Gasteiger partial charge < -0.3 is 20.4 Å². The fourth-order valence-electron chi connectivity index (χ4n) is 3.38. The smallest absolute Gasteiger partial charge is 0.191 e. The summed E-state index contributed by atoms with van der Waals surface area (Å²) in [5.41, 5.74) is 1.80. The second kappa shape index (κ2) is 10.8. The van der Waals surface area contributed by atoms with E-state index < -0.39 is 9.84 Å². The number of sulfone groups is 1. The zero-order valence-corrected chi connectivity index (χ0v) is 18.5. The van der Waals surface area contributed by atoms with Crippen LogP contribution in [-0.4, -0.2) is 83.8 Å². The maximum absolute atomic E-state index is 11.7. The number of rotatable bonds is 8. The van der Waals surface area contributed by atoms with Crippen LogP contribution >= 0.6 is 0 Å². The Bertz CT molecular complexity index is 756. The number of hydrogen-bond acceptors (Lipinski definition) is 5. The molecule has 1 aromatic rings. The van der Waals surface area contributed by atoms with E-state index >= 15 is 0 Å². The zero-order valence-electron chi connectivity index (χ0n) is 17.7. The van der Waals surface area contributed by atoms with E-state index in [1.165, 1.54) is 38.9 Å². The molecule has 1 heterocycles. The number of aryl methyl sites for hydroxylation is 1. The van der Waals surface area contributed by atoms with E-state index in [4.69, 9.17) is 0 Å². The van der Waals surface area contributed by atoms with Crippen LogP contribution in [0.4, 0.5) is 0 Å². The molecule has 8 heteroatoms. The quantitative estimate of drug-likeness (QED) is 0.380. The molecular formula is C20H35N5O2S. The minimum atomic E-state index is -3.18. The number of likely N-dealkylation sites (N-methyl/N-ethyl adjacent to an activating group) is 1. The highest BCUT2D eigenvalue weighted by Crippen LogP contribution is 2.16. The molecule has 0 aromatic heterocycles. The Morgan fingerprint density at radius 3 is 2.46 bits per heavy atom. The Labute approximate surface area is 170 Å². The molecule has 1 aliphatic rings. The van der Waals surface area contributed by atoms with Crippen molar-refractivity contribution in [3.05, 3.63) is 29.3 Å². The SMILES string of the molecule is CN=C(NCCCCN1CCN(C)CC1)NCc1ccc(S(C)(=O)=O)c(C)c1. The Morgan fingerprint density at radius 1 is 1.14 bits per heavy atom. The molecule has 7 nitrogen and oxygen atoms in total. The first-order chi connectivity index (χ1) is 13.3. The summed E-state index contributed by atoms with van der Waals surface area (Å²) in [4.78, 5) is 9.57. The number of aliphatic imine (C=N–C) groups is 1. The third-order valence-electron chi connectivity index (χ3n) is 5.11. The summed E-state index contributed by atoms with van der Waals surface area (Å²) < 4.78 is 23.4. The summed E-state index contributed by atoms with van der Waals surface area (Å²) in [5, 5.41) is 6.64. The fourth-order valence-corrected chi connectivity index (χ4v) is 4.34. The highest BCUT2D eigenvalue weighted by Gasteiger charge is 2.13. The van der Waals surface area contributed by atoms with E-state index in [0.717, 1.165) is 36.6 Å². The van der Waals surface area contributed by atoms with Gasteiger partial charge in [0.2, 0.25) is 0 Å². The second-order valence-corrected chi connectivity index (χ2v) is 9.56. The maximum atomic E-state index is 11.7. The third kappa shape index (κ3) is 7.41. The van der Waals surface area contributed by atoms with Crippen LogP contribution in [-0.2, 0) is 16.4 Å². The molecule has 2 rings (SSSR count).